The van der Waals surface area contributed by atoms with Gasteiger partial charge < -0.3 is 15.7 Å². The summed E-state index contributed by atoms with van der Waals surface area (Å²) in [7, 11) is 0. The normalized spacial score (nSPS) is 20.6. The summed E-state index contributed by atoms with van der Waals surface area (Å²) in [6, 6.07) is 0.845. The maximum atomic E-state index is 9.19. The lowest BCUT2D eigenvalue weighted by molar-refractivity contribution is 0.171. The number of aliphatic hydroxyl groups is 1. The lowest BCUT2D eigenvalue weighted by Gasteiger charge is -2.27. The molecule has 3 N–H and O–H groups in total. The van der Waals surface area contributed by atoms with Crippen molar-refractivity contribution in [2.24, 2.45) is 5.73 Å². The molecule has 0 amide bonds. The van der Waals surface area contributed by atoms with Crippen molar-refractivity contribution >= 4 is 0 Å². The fourth-order valence-electron chi connectivity index (χ4n) is 2.04. The predicted molar refractivity (Wildman–Crippen MR) is 63.8 cm³/mol. The number of aliphatic hydroxyl groups excluding tert-OH is 1. The molecule has 0 spiro atoms. The standard InChI is InChI=1S/C12H26N2O/c1-3-12(13,10-15)8-5-9-14(4-2)11-6-7-11/h11,15H,3-10,13H2,1-2H3. The van der Waals surface area contributed by atoms with Crippen LogP contribution in [0.15, 0.2) is 0 Å². The van der Waals surface area contributed by atoms with Crippen LogP contribution >= 0.6 is 0 Å². The average Bonchev–Trinajstić information content (AvgIpc) is 3.08. The van der Waals surface area contributed by atoms with Crippen molar-refractivity contribution in [1.82, 2.24) is 4.90 Å². The Morgan fingerprint density at radius 1 is 1.40 bits per heavy atom. The van der Waals surface area contributed by atoms with Crippen LogP contribution in [0.1, 0.15) is 46.0 Å². The van der Waals surface area contributed by atoms with Gasteiger partial charge in [0.25, 0.3) is 0 Å². The highest BCUT2D eigenvalue weighted by Gasteiger charge is 2.28. The Kier molecular flexibility index (Phi) is 5.03. The fraction of sp³-hybridized carbons (Fsp3) is 1.00. The Bertz CT molecular complexity index is 176. The van der Waals surface area contributed by atoms with Crippen molar-refractivity contribution in [3.8, 4) is 0 Å². The molecule has 90 valence electrons. The first-order valence-electron chi connectivity index (χ1n) is 6.29. The van der Waals surface area contributed by atoms with Gasteiger partial charge in [0, 0.05) is 11.6 Å². The van der Waals surface area contributed by atoms with E-state index in [4.69, 9.17) is 5.73 Å². The minimum Gasteiger partial charge on any atom is -0.394 e. The van der Waals surface area contributed by atoms with E-state index in [1.165, 1.54) is 12.8 Å². The van der Waals surface area contributed by atoms with Gasteiger partial charge in [-0.3, -0.25) is 0 Å². The van der Waals surface area contributed by atoms with Crippen LogP contribution in [0.2, 0.25) is 0 Å². The molecule has 1 fully saturated rings. The van der Waals surface area contributed by atoms with Crippen LogP contribution in [-0.4, -0.2) is 41.3 Å². The maximum absolute atomic E-state index is 9.19. The third-order valence-electron chi connectivity index (χ3n) is 3.61. The molecule has 3 heteroatoms. The SMILES string of the molecule is CCN(CCCC(N)(CC)CO)C1CC1. The second-order valence-corrected chi connectivity index (χ2v) is 4.84. The van der Waals surface area contributed by atoms with Crippen molar-refractivity contribution in [3.05, 3.63) is 0 Å². The molecule has 1 aliphatic carbocycles. The molecule has 1 aliphatic rings. The second kappa shape index (κ2) is 5.83. The number of hydrogen-bond acceptors (Lipinski definition) is 3. The number of nitrogens with two attached hydrogens (primary N) is 1. The van der Waals surface area contributed by atoms with E-state index in [0.717, 1.165) is 38.4 Å². The van der Waals surface area contributed by atoms with Gasteiger partial charge in [-0.05, 0) is 45.2 Å². The minimum absolute atomic E-state index is 0.110. The van der Waals surface area contributed by atoms with E-state index in [0.29, 0.717) is 0 Å². The quantitative estimate of drug-likeness (QED) is 0.641. The van der Waals surface area contributed by atoms with Crippen LogP contribution in [-0.2, 0) is 0 Å². The number of nitrogens with zero attached hydrogens (tertiary/aromatic N) is 1. The van der Waals surface area contributed by atoms with E-state index in [-0.39, 0.29) is 12.1 Å². The molecule has 0 radical (unpaired) electrons. The van der Waals surface area contributed by atoms with Crippen molar-refractivity contribution in [3.63, 3.8) is 0 Å². The van der Waals surface area contributed by atoms with Crippen LogP contribution < -0.4 is 5.73 Å². The smallest absolute Gasteiger partial charge is 0.0611 e. The minimum atomic E-state index is -0.344. The number of rotatable bonds is 8. The first-order chi connectivity index (χ1) is 7.15. The van der Waals surface area contributed by atoms with Crippen LogP contribution in [0.5, 0.6) is 0 Å². The van der Waals surface area contributed by atoms with E-state index in [1.54, 1.807) is 0 Å². The van der Waals surface area contributed by atoms with Crippen molar-refractivity contribution in [2.45, 2.75) is 57.5 Å². The van der Waals surface area contributed by atoms with Gasteiger partial charge in [-0.15, -0.1) is 0 Å². The third-order valence-corrected chi connectivity index (χ3v) is 3.61. The molecule has 0 aliphatic heterocycles. The summed E-state index contributed by atoms with van der Waals surface area (Å²) in [5.74, 6) is 0. The Morgan fingerprint density at radius 2 is 2.07 bits per heavy atom. The monoisotopic (exact) mass is 214 g/mol. The Hall–Kier alpha value is -0.120. The van der Waals surface area contributed by atoms with Gasteiger partial charge in [0.15, 0.2) is 0 Å². The van der Waals surface area contributed by atoms with Gasteiger partial charge in [-0.25, -0.2) is 0 Å². The molecule has 0 aromatic rings. The summed E-state index contributed by atoms with van der Waals surface area (Å²) in [5.41, 5.74) is 5.70. The van der Waals surface area contributed by atoms with Gasteiger partial charge in [0.05, 0.1) is 6.61 Å². The molecular weight excluding hydrogens is 188 g/mol. The van der Waals surface area contributed by atoms with Crippen LogP contribution in [0, 0.1) is 0 Å². The van der Waals surface area contributed by atoms with E-state index >= 15 is 0 Å². The number of hydrogen-bond donors (Lipinski definition) is 2. The second-order valence-electron chi connectivity index (χ2n) is 4.84. The van der Waals surface area contributed by atoms with Crippen molar-refractivity contribution in [2.75, 3.05) is 19.7 Å². The Morgan fingerprint density at radius 3 is 2.47 bits per heavy atom. The zero-order valence-corrected chi connectivity index (χ0v) is 10.2. The lowest BCUT2D eigenvalue weighted by atomic mass is 9.92. The lowest BCUT2D eigenvalue weighted by Crippen LogP contribution is -2.43. The van der Waals surface area contributed by atoms with Crippen molar-refractivity contribution < 1.29 is 5.11 Å². The van der Waals surface area contributed by atoms with Crippen LogP contribution in [0.3, 0.4) is 0 Å². The zero-order valence-electron chi connectivity index (χ0n) is 10.2. The Balaban J connectivity index is 2.18. The first kappa shape index (κ1) is 12.9. The summed E-state index contributed by atoms with van der Waals surface area (Å²) in [6.07, 6.45) is 5.64. The predicted octanol–water partition coefficient (Wildman–Crippen LogP) is 1.35. The van der Waals surface area contributed by atoms with Crippen molar-refractivity contribution in [1.29, 1.82) is 0 Å². The summed E-state index contributed by atoms with van der Waals surface area (Å²) in [6.45, 7) is 6.67. The molecule has 0 heterocycles. The van der Waals surface area contributed by atoms with Crippen LogP contribution in [0.25, 0.3) is 0 Å². The summed E-state index contributed by atoms with van der Waals surface area (Å²) < 4.78 is 0. The third kappa shape index (κ3) is 4.09. The molecule has 1 unspecified atom stereocenters. The Labute approximate surface area is 93.6 Å². The van der Waals surface area contributed by atoms with E-state index < -0.39 is 0 Å². The molecule has 1 rings (SSSR count). The van der Waals surface area contributed by atoms with Gasteiger partial charge in [0.1, 0.15) is 0 Å². The van der Waals surface area contributed by atoms with E-state index in [1.807, 2.05) is 0 Å². The molecule has 0 aromatic heterocycles. The zero-order chi connectivity index (χ0) is 11.3. The summed E-state index contributed by atoms with van der Waals surface area (Å²) in [4.78, 5) is 2.54. The molecule has 0 aromatic carbocycles. The van der Waals surface area contributed by atoms with Gasteiger partial charge in [-0.2, -0.15) is 0 Å². The van der Waals surface area contributed by atoms with Crippen LogP contribution in [0.4, 0.5) is 0 Å². The summed E-state index contributed by atoms with van der Waals surface area (Å²) >= 11 is 0. The molecule has 3 nitrogen and oxygen atoms in total. The maximum Gasteiger partial charge on any atom is 0.0611 e. The molecule has 15 heavy (non-hydrogen) atoms. The van der Waals surface area contributed by atoms with E-state index in [2.05, 4.69) is 18.7 Å². The van der Waals surface area contributed by atoms with Gasteiger partial charge in [0.2, 0.25) is 0 Å². The summed E-state index contributed by atoms with van der Waals surface area (Å²) in [5, 5.41) is 9.19. The topological polar surface area (TPSA) is 49.5 Å². The molecule has 0 bridgehead atoms. The molecule has 1 atom stereocenters. The fourth-order valence-corrected chi connectivity index (χ4v) is 2.04. The highest BCUT2D eigenvalue weighted by molar-refractivity contribution is 4.86. The van der Waals surface area contributed by atoms with E-state index in [9.17, 15) is 5.11 Å². The van der Waals surface area contributed by atoms with Gasteiger partial charge in [-0.1, -0.05) is 13.8 Å². The molecular formula is C12H26N2O. The van der Waals surface area contributed by atoms with Gasteiger partial charge >= 0.3 is 0 Å². The average molecular weight is 214 g/mol. The molecule has 0 saturated heterocycles. The first-order valence-corrected chi connectivity index (χ1v) is 6.29. The largest absolute Gasteiger partial charge is 0.394 e. The molecule has 1 saturated carbocycles. The highest BCUT2D eigenvalue weighted by atomic mass is 16.3. The highest BCUT2D eigenvalue weighted by Crippen LogP contribution is 2.27.